The maximum Gasteiger partial charge on any atom is 0.136 e. The molecule has 366 valence electrons. The van der Waals surface area contributed by atoms with Gasteiger partial charge in [-0.2, -0.15) is 0 Å². The van der Waals surface area contributed by atoms with Crippen LogP contribution < -0.4 is 0 Å². The Morgan fingerprint density at radius 2 is 0.756 bits per heavy atom. The van der Waals surface area contributed by atoms with Crippen LogP contribution in [-0.2, 0) is 0 Å². The summed E-state index contributed by atoms with van der Waals surface area (Å²) in [6.07, 6.45) is 17.2. The van der Waals surface area contributed by atoms with Crippen LogP contribution in [-0.4, -0.2) is 21.7 Å². The van der Waals surface area contributed by atoms with Gasteiger partial charge in [-0.25, -0.2) is 0 Å². The van der Waals surface area contributed by atoms with Gasteiger partial charge in [-0.15, -0.1) is 0 Å². The summed E-state index contributed by atoms with van der Waals surface area (Å²) in [5.74, 6) is 0. The molecule has 4 aromatic heterocycles. The molecule has 14 rings (SSSR count). The first-order valence-electron chi connectivity index (χ1n) is 26.3. The van der Waals surface area contributed by atoms with E-state index in [4.69, 9.17) is 4.42 Å². The van der Waals surface area contributed by atoms with E-state index >= 15 is 0 Å². The normalized spacial score (nSPS) is 12.0. The van der Waals surface area contributed by atoms with Crippen LogP contribution in [0, 0.1) is 0 Å². The summed E-state index contributed by atoms with van der Waals surface area (Å²) in [5, 5.41) is 11.5. The van der Waals surface area contributed by atoms with E-state index in [1.165, 1.54) is 65.3 Å². The van der Waals surface area contributed by atoms with E-state index in [1.54, 1.807) is 0 Å². The molecule has 0 aliphatic carbocycles. The van der Waals surface area contributed by atoms with E-state index in [2.05, 4.69) is 221 Å². The molecule has 4 heterocycles. The molecule has 5 nitrogen and oxygen atoms in total. The molecule has 5 heteroatoms. The molecule has 0 bridgehead atoms. The molecule has 0 spiro atoms. The lowest BCUT2D eigenvalue weighted by Crippen LogP contribution is -1.93. The van der Waals surface area contributed by atoms with Gasteiger partial charge in [-0.3, -0.25) is 19.9 Å². The van der Waals surface area contributed by atoms with Crippen LogP contribution in [0.25, 0.3) is 148 Å². The fourth-order valence-electron chi connectivity index (χ4n) is 11.9. The number of aromatic nitrogens is 3. The summed E-state index contributed by atoms with van der Waals surface area (Å²) in [4.78, 5) is 17.7. The quantitative estimate of drug-likeness (QED) is 0.0778. The number of hydrogen-bond acceptors (Lipinski definition) is 5. The summed E-state index contributed by atoms with van der Waals surface area (Å²) < 4.78 is 6.86. The third-order valence-electron chi connectivity index (χ3n) is 15.2. The van der Waals surface area contributed by atoms with Crippen molar-refractivity contribution in [3.63, 3.8) is 0 Å². The topological polar surface area (TPSA) is 64.2 Å². The fourth-order valence-corrected chi connectivity index (χ4v) is 11.9. The predicted molar refractivity (Wildman–Crippen MR) is 328 cm³/mol. The van der Waals surface area contributed by atoms with Crippen LogP contribution in [0.4, 0.5) is 0 Å². The Bertz CT molecular complexity index is 4580. The summed E-state index contributed by atoms with van der Waals surface area (Å²) in [6.45, 7) is 5.83. The Hall–Kier alpha value is -10.4. The molecule has 0 aliphatic heterocycles. The highest BCUT2D eigenvalue weighted by atomic mass is 16.3. The molecule has 0 unspecified atom stereocenters. The van der Waals surface area contributed by atoms with Gasteiger partial charge >= 0.3 is 0 Å². The van der Waals surface area contributed by atoms with E-state index < -0.39 is 0 Å². The number of benzene rings is 10. The van der Waals surface area contributed by atoms with E-state index in [9.17, 15) is 0 Å². The number of furan rings is 1. The van der Waals surface area contributed by atoms with E-state index in [0.29, 0.717) is 0 Å². The maximum absolute atomic E-state index is 6.86. The fraction of sp³-hybridized carbons (Fsp3) is 0.0137. The Labute approximate surface area is 451 Å². The first-order chi connectivity index (χ1) is 38.6. The zero-order chi connectivity index (χ0) is 52.1. The van der Waals surface area contributed by atoms with Crippen LogP contribution in [0.3, 0.4) is 0 Å². The number of nitrogens with zero attached hydrogens (tertiary/aromatic N) is 4. The second-order valence-corrected chi connectivity index (χ2v) is 19.8. The zero-order valence-corrected chi connectivity index (χ0v) is 42.7. The Morgan fingerprint density at radius 3 is 1.19 bits per heavy atom. The SMILES string of the molecule is C=N/C=C(\C=C/C)c1cc(-c2cccnc2)cc(-c2c3ccccc3c(-c3ccc4oc5cc(-c6c7ccccc7c(-c7cc(-c8cccnc8)cc(-c8cccnc8)c7)c7ccccc67)ccc5c4c3)c3ccccc23)c1. The molecular formula is C73H48N4O. The van der Waals surface area contributed by atoms with Crippen molar-refractivity contribution in [2.45, 2.75) is 6.92 Å². The standard InChI is InChI=1S/C73H48N4O/c1-3-15-48(42-74-2)52-34-53(49-16-12-31-75-43-49)37-56(36-52)72-63-23-8-4-19-59(63)70(60-20-5-9-24-64(60)72)46-28-30-68-67(40-46)58-29-27-47(41-69(58)78-68)71-61-21-6-10-25-65(61)73(66-26-11-7-22-62(66)71)57-38-54(50-17-13-32-76-44-50)35-55(39-57)51-18-14-33-77-45-51/h3-45H,2H2,1H3/b15-3-,48-42+. The van der Waals surface area contributed by atoms with Crippen molar-refractivity contribution in [3.05, 3.63) is 267 Å². The summed E-state index contributed by atoms with van der Waals surface area (Å²) in [5.41, 5.74) is 19.3. The molecule has 0 saturated carbocycles. The zero-order valence-electron chi connectivity index (χ0n) is 42.7. The molecule has 0 fully saturated rings. The van der Waals surface area contributed by atoms with Gasteiger partial charge in [0.1, 0.15) is 11.2 Å². The molecule has 0 saturated heterocycles. The van der Waals surface area contributed by atoms with Gasteiger partial charge in [0, 0.05) is 70.8 Å². The van der Waals surface area contributed by atoms with Crippen molar-refractivity contribution in [2.24, 2.45) is 4.99 Å². The van der Waals surface area contributed by atoms with Gasteiger partial charge < -0.3 is 4.42 Å². The maximum atomic E-state index is 6.86. The smallest absolute Gasteiger partial charge is 0.136 e. The number of rotatable bonds is 10. The summed E-state index contributed by atoms with van der Waals surface area (Å²) >= 11 is 0. The minimum Gasteiger partial charge on any atom is -0.456 e. The molecule has 78 heavy (non-hydrogen) atoms. The van der Waals surface area contributed by atoms with Crippen molar-refractivity contribution in [2.75, 3.05) is 0 Å². The highest BCUT2D eigenvalue weighted by molar-refractivity contribution is 6.24. The van der Waals surface area contributed by atoms with Crippen molar-refractivity contribution < 1.29 is 4.42 Å². The number of pyridine rings is 3. The largest absolute Gasteiger partial charge is 0.456 e. The van der Waals surface area contributed by atoms with Crippen LogP contribution >= 0.6 is 0 Å². The highest BCUT2D eigenvalue weighted by Crippen LogP contribution is 2.49. The van der Waals surface area contributed by atoms with Crippen molar-refractivity contribution in [1.29, 1.82) is 0 Å². The minimum atomic E-state index is 0.842. The molecule has 14 aromatic rings. The molecule has 0 atom stereocenters. The van der Waals surface area contributed by atoms with Gasteiger partial charge in [0.15, 0.2) is 0 Å². The van der Waals surface area contributed by atoms with Crippen molar-refractivity contribution in [3.8, 4) is 77.9 Å². The summed E-state index contributed by atoms with van der Waals surface area (Å²) in [6, 6.07) is 74.7. The first kappa shape index (κ1) is 46.2. The van der Waals surface area contributed by atoms with Gasteiger partial charge in [-0.05, 0) is 208 Å². The minimum absolute atomic E-state index is 0.842. The number of hydrogen-bond donors (Lipinski definition) is 0. The van der Waals surface area contributed by atoms with E-state index in [0.717, 1.165) is 88.7 Å². The molecule has 10 aromatic carbocycles. The lowest BCUT2D eigenvalue weighted by atomic mass is 9.84. The Kier molecular flexibility index (Phi) is 11.5. The van der Waals surface area contributed by atoms with Gasteiger partial charge in [0.2, 0.25) is 0 Å². The third-order valence-corrected chi connectivity index (χ3v) is 15.2. The van der Waals surface area contributed by atoms with E-state index in [1.807, 2.05) is 74.6 Å². The summed E-state index contributed by atoms with van der Waals surface area (Å²) in [7, 11) is 0. The van der Waals surface area contributed by atoms with Crippen LogP contribution in [0.15, 0.2) is 271 Å². The van der Waals surface area contributed by atoms with Gasteiger partial charge in [0.25, 0.3) is 0 Å². The first-order valence-corrected chi connectivity index (χ1v) is 26.3. The Balaban J connectivity index is 0.926. The number of fused-ring (bicyclic) bond motifs is 7. The predicted octanol–water partition coefficient (Wildman–Crippen LogP) is 19.7. The second-order valence-electron chi connectivity index (χ2n) is 19.8. The third kappa shape index (κ3) is 7.96. The molecule has 0 amide bonds. The molecular weight excluding hydrogens is 949 g/mol. The van der Waals surface area contributed by atoms with Crippen LogP contribution in [0.2, 0.25) is 0 Å². The average Bonchev–Trinajstić information content (AvgIpc) is 3.94. The van der Waals surface area contributed by atoms with E-state index in [-0.39, 0.29) is 0 Å². The molecule has 0 radical (unpaired) electrons. The van der Waals surface area contributed by atoms with Crippen molar-refractivity contribution in [1.82, 2.24) is 15.0 Å². The lowest BCUT2D eigenvalue weighted by Gasteiger charge is -2.19. The van der Waals surface area contributed by atoms with Crippen LogP contribution in [0.1, 0.15) is 12.5 Å². The van der Waals surface area contributed by atoms with Crippen molar-refractivity contribution >= 4 is 77.3 Å². The highest BCUT2D eigenvalue weighted by Gasteiger charge is 2.22. The second kappa shape index (κ2) is 19.4. The average molecular weight is 997 g/mol. The van der Waals surface area contributed by atoms with Gasteiger partial charge in [0.05, 0.1) is 0 Å². The lowest BCUT2D eigenvalue weighted by molar-refractivity contribution is 0.669. The van der Waals surface area contributed by atoms with Crippen LogP contribution in [0.5, 0.6) is 0 Å². The monoisotopic (exact) mass is 996 g/mol. The Morgan fingerprint density at radius 1 is 0.359 bits per heavy atom. The van der Waals surface area contributed by atoms with Gasteiger partial charge in [-0.1, -0.05) is 140 Å². The molecule has 0 aliphatic rings. The number of aliphatic imine (C=N–C) groups is 1. The molecule has 0 N–H and O–H groups in total. The number of allylic oxidation sites excluding steroid dienone is 3.